The number of benzene rings is 3. The van der Waals surface area contributed by atoms with Gasteiger partial charge in [0, 0.05) is 17.7 Å². The van der Waals surface area contributed by atoms with E-state index in [1.165, 1.54) is 0 Å². The number of amides is 1. The minimum Gasteiger partial charge on any atom is -0.497 e. The largest absolute Gasteiger partial charge is 0.497 e. The molecule has 34 heavy (non-hydrogen) atoms. The predicted molar refractivity (Wildman–Crippen MR) is 132 cm³/mol. The molecule has 4 aromatic rings. The van der Waals surface area contributed by atoms with E-state index in [0.717, 1.165) is 33.8 Å². The molecule has 7 heteroatoms. The lowest BCUT2D eigenvalue weighted by Gasteiger charge is -2.10. The maximum absolute atomic E-state index is 12.6. The first-order valence-corrected chi connectivity index (χ1v) is 10.9. The Bertz CT molecular complexity index is 1270. The molecule has 2 N–H and O–H groups in total. The van der Waals surface area contributed by atoms with Crippen LogP contribution in [0.15, 0.2) is 72.8 Å². The van der Waals surface area contributed by atoms with Gasteiger partial charge in [-0.05, 0) is 60.0 Å². The Morgan fingerprint density at radius 3 is 2.38 bits per heavy atom. The van der Waals surface area contributed by atoms with E-state index in [1.54, 1.807) is 21.3 Å². The van der Waals surface area contributed by atoms with Gasteiger partial charge in [0.1, 0.15) is 5.75 Å². The van der Waals surface area contributed by atoms with Crippen molar-refractivity contribution in [1.82, 2.24) is 15.5 Å². The average Bonchev–Trinajstić information content (AvgIpc) is 3.39. The maximum Gasteiger partial charge on any atom is 0.251 e. The lowest BCUT2D eigenvalue weighted by atomic mass is 10.1. The molecule has 1 aromatic heterocycles. The van der Waals surface area contributed by atoms with Crippen LogP contribution in [-0.4, -0.2) is 44.0 Å². The molecule has 0 atom stereocenters. The summed E-state index contributed by atoms with van der Waals surface area (Å²) in [5, 5.41) is 10.4. The number of hydrogen-bond donors (Lipinski definition) is 2. The number of aromatic nitrogens is 2. The Kier molecular flexibility index (Phi) is 7.13. The Hall–Kier alpha value is -4.26. The van der Waals surface area contributed by atoms with Gasteiger partial charge >= 0.3 is 0 Å². The van der Waals surface area contributed by atoms with Gasteiger partial charge in [0.2, 0.25) is 0 Å². The van der Waals surface area contributed by atoms with Crippen LogP contribution in [0.25, 0.3) is 22.5 Å². The minimum absolute atomic E-state index is 0.117. The summed E-state index contributed by atoms with van der Waals surface area (Å²) in [5.41, 5.74) is 5.27. The second-order valence-electron chi connectivity index (χ2n) is 7.67. The third-order valence-electron chi connectivity index (χ3n) is 5.55. The van der Waals surface area contributed by atoms with Crippen molar-refractivity contribution in [3.05, 3.63) is 83.9 Å². The normalized spacial score (nSPS) is 10.6. The number of hydrogen-bond acceptors (Lipinski definition) is 5. The molecule has 0 fully saturated rings. The van der Waals surface area contributed by atoms with Crippen molar-refractivity contribution in [3.8, 4) is 39.8 Å². The van der Waals surface area contributed by atoms with Crippen molar-refractivity contribution < 1.29 is 19.0 Å². The van der Waals surface area contributed by atoms with Crippen LogP contribution in [0.5, 0.6) is 17.2 Å². The molecule has 7 nitrogen and oxygen atoms in total. The molecular weight excluding hydrogens is 430 g/mol. The summed E-state index contributed by atoms with van der Waals surface area (Å²) in [4.78, 5) is 12.6. The Morgan fingerprint density at radius 2 is 1.65 bits per heavy atom. The van der Waals surface area contributed by atoms with Gasteiger partial charge < -0.3 is 19.5 Å². The van der Waals surface area contributed by atoms with Gasteiger partial charge in [-0.15, -0.1) is 0 Å². The van der Waals surface area contributed by atoms with Crippen LogP contribution in [0.1, 0.15) is 15.9 Å². The summed E-state index contributed by atoms with van der Waals surface area (Å²) in [7, 11) is 4.86. The molecule has 0 unspecified atom stereocenters. The molecule has 0 aliphatic carbocycles. The monoisotopic (exact) mass is 457 g/mol. The molecule has 0 aliphatic rings. The summed E-state index contributed by atoms with van der Waals surface area (Å²) < 4.78 is 15.9. The lowest BCUT2D eigenvalue weighted by Crippen LogP contribution is -2.25. The summed E-state index contributed by atoms with van der Waals surface area (Å²) in [6.45, 7) is 0.514. The number of nitrogens with one attached hydrogen (secondary N) is 2. The fourth-order valence-corrected chi connectivity index (χ4v) is 3.66. The highest BCUT2D eigenvalue weighted by Crippen LogP contribution is 2.28. The van der Waals surface area contributed by atoms with Crippen LogP contribution in [0.3, 0.4) is 0 Å². The van der Waals surface area contributed by atoms with E-state index in [4.69, 9.17) is 14.2 Å². The Balaban J connectivity index is 1.36. The fourth-order valence-electron chi connectivity index (χ4n) is 3.66. The highest BCUT2D eigenvalue weighted by atomic mass is 16.5. The number of methoxy groups -OCH3 is 3. The number of rotatable bonds is 9. The maximum atomic E-state index is 12.6. The molecule has 174 valence electrons. The lowest BCUT2D eigenvalue weighted by molar-refractivity contribution is 0.0954. The molecule has 0 aliphatic heterocycles. The van der Waals surface area contributed by atoms with Crippen molar-refractivity contribution in [3.63, 3.8) is 0 Å². The third kappa shape index (κ3) is 5.20. The second kappa shape index (κ2) is 10.6. The molecule has 0 saturated heterocycles. The highest BCUT2D eigenvalue weighted by Gasteiger charge is 2.10. The summed E-state index contributed by atoms with van der Waals surface area (Å²) in [6.07, 6.45) is 0.686. The van der Waals surface area contributed by atoms with Crippen LogP contribution in [-0.2, 0) is 6.42 Å². The van der Waals surface area contributed by atoms with Gasteiger partial charge in [-0.3, -0.25) is 9.89 Å². The molecule has 4 rings (SSSR count). The SMILES string of the molecule is COc1cccc(-c2cc(-c3ccc(C(=O)NCCc4ccc(OC)c(OC)c4)cc3)[nH]n2)c1. The number of H-pyrrole nitrogens is 1. The van der Waals surface area contributed by atoms with Crippen LogP contribution < -0.4 is 19.5 Å². The van der Waals surface area contributed by atoms with E-state index in [2.05, 4.69) is 15.5 Å². The topological polar surface area (TPSA) is 85.5 Å². The average molecular weight is 458 g/mol. The summed E-state index contributed by atoms with van der Waals surface area (Å²) in [6, 6.07) is 22.9. The van der Waals surface area contributed by atoms with E-state index >= 15 is 0 Å². The van der Waals surface area contributed by atoms with Crippen molar-refractivity contribution in [2.24, 2.45) is 0 Å². The highest BCUT2D eigenvalue weighted by molar-refractivity contribution is 5.94. The number of carbonyl (C=O) groups excluding carboxylic acids is 1. The number of ether oxygens (including phenoxy) is 3. The Labute approximate surface area is 198 Å². The predicted octanol–water partition coefficient (Wildman–Crippen LogP) is 4.74. The standard InChI is InChI=1S/C27H27N3O4/c1-32-22-6-4-5-21(16-22)24-17-23(29-30-24)19-8-10-20(11-9-19)27(31)28-14-13-18-7-12-25(33-2)26(15-18)34-3/h4-12,15-17H,13-14H2,1-3H3,(H,28,31)(H,29,30). The molecule has 1 heterocycles. The molecular formula is C27H27N3O4. The molecule has 0 spiro atoms. The van der Waals surface area contributed by atoms with Gasteiger partial charge in [0.15, 0.2) is 11.5 Å². The van der Waals surface area contributed by atoms with E-state index < -0.39 is 0 Å². The van der Waals surface area contributed by atoms with Crippen molar-refractivity contribution in [1.29, 1.82) is 0 Å². The van der Waals surface area contributed by atoms with Gasteiger partial charge in [-0.25, -0.2) is 0 Å². The van der Waals surface area contributed by atoms with Crippen LogP contribution in [0.4, 0.5) is 0 Å². The molecule has 0 radical (unpaired) electrons. The molecule has 3 aromatic carbocycles. The second-order valence-corrected chi connectivity index (χ2v) is 7.67. The van der Waals surface area contributed by atoms with E-state index in [0.29, 0.717) is 30.0 Å². The quantitative estimate of drug-likeness (QED) is 0.379. The zero-order valence-electron chi connectivity index (χ0n) is 19.4. The number of aromatic amines is 1. The minimum atomic E-state index is -0.117. The van der Waals surface area contributed by atoms with Crippen LogP contribution >= 0.6 is 0 Å². The summed E-state index contributed by atoms with van der Waals surface area (Å²) >= 11 is 0. The fraction of sp³-hybridized carbons (Fsp3) is 0.185. The van der Waals surface area contributed by atoms with Gasteiger partial charge in [-0.2, -0.15) is 5.10 Å². The zero-order valence-corrected chi connectivity index (χ0v) is 19.4. The van der Waals surface area contributed by atoms with Gasteiger partial charge in [0.25, 0.3) is 5.91 Å². The first-order chi connectivity index (χ1) is 16.6. The molecule has 1 amide bonds. The third-order valence-corrected chi connectivity index (χ3v) is 5.55. The van der Waals surface area contributed by atoms with Gasteiger partial charge in [-0.1, -0.05) is 30.3 Å². The van der Waals surface area contributed by atoms with E-state index in [1.807, 2.05) is 72.8 Å². The van der Waals surface area contributed by atoms with Crippen LogP contribution in [0.2, 0.25) is 0 Å². The van der Waals surface area contributed by atoms with Crippen molar-refractivity contribution in [2.45, 2.75) is 6.42 Å². The Morgan fingerprint density at radius 1 is 0.853 bits per heavy atom. The van der Waals surface area contributed by atoms with Crippen LogP contribution in [0, 0.1) is 0 Å². The summed E-state index contributed by atoms with van der Waals surface area (Å²) in [5.74, 6) is 2.02. The van der Waals surface area contributed by atoms with Gasteiger partial charge in [0.05, 0.1) is 32.7 Å². The first kappa shape index (κ1) is 22.9. The van der Waals surface area contributed by atoms with Crippen molar-refractivity contribution >= 4 is 5.91 Å². The van der Waals surface area contributed by atoms with Crippen molar-refractivity contribution in [2.75, 3.05) is 27.9 Å². The zero-order chi connectivity index (χ0) is 23.9. The first-order valence-electron chi connectivity index (χ1n) is 10.9. The van der Waals surface area contributed by atoms with E-state index in [9.17, 15) is 4.79 Å². The number of nitrogens with zero attached hydrogens (tertiary/aromatic N) is 1. The smallest absolute Gasteiger partial charge is 0.251 e. The number of carbonyl (C=O) groups is 1. The molecule has 0 saturated carbocycles. The van der Waals surface area contributed by atoms with E-state index in [-0.39, 0.29) is 5.91 Å². The molecule has 0 bridgehead atoms.